The molecule has 116 valence electrons. The first-order chi connectivity index (χ1) is 9.81. The first kappa shape index (κ1) is 15.7. The molecule has 0 bridgehead atoms. The zero-order valence-corrected chi connectivity index (χ0v) is 12.3. The molecule has 0 aromatic heterocycles. The van der Waals surface area contributed by atoms with E-state index in [0.29, 0.717) is 32.2 Å². The third-order valence-electron chi connectivity index (χ3n) is 4.39. The highest BCUT2D eigenvalue weighted by atomic mass is 16.5. The molecule has 1 saturated heterocycles. The molecule has 1 amide bonds. The van der Waals surface area contributed by atoms with Crippen LogP contribution in [0.4, 0.5) is 0 Å². The Morgan fingerprint density at radius 2 is 2.20 bits per heavy atom. The van der Waals surface area contributed by atoms with Crippen molar-refractivity contribution in [3.63, 3.8) is 0 Å². The normalized spacial score (nSPS) is 29.8. The van der Waals surface area contributed by atoms with E-state index in [1.54, 1.807) is 0 Å². The fraction of sp³-hybridized carbons (Fsp3) is 0.933. The van der Waals surface area contributed by atoms with Crippen LogP contribution < -0.4 is 11.1 Å². The highest BCUT2D eigenvalue weighted by Crippen LogP contribution is 2.30. The van der Waals surface area contributed by atoms with E-state index in [9.17, 15) is 4.79 Å². The van der Waals surface area contributed by atoms with E-state index in [4.69, 9.17) is 15.2 Å². The van der Waals surface area contributed by atoms with Crippen LogP contribution in [0, 0.1) is 11.8 Å². The quantitative estimate of drug-likeness (QED) is 0.654. The lowest BCUT2D eigenvalue weighted by Crippen LogP contribution is -2.35. The van der Waals surface area contributed by atoms with Gasteiger partial charge in [-0.05, 0) is 44.6 Å². The Bertz CT molecular complexity index is 293. The van der Waals surface area contributed by atoms with Gasteiger partial charge in [0.1, 0.15) is 0 Å². The molecule has 3 atom stereocenters. The van der Waals surface area contributed by atoms with Crippen molar-refractivity contribution in [2.45, 2.75) is 44.6 Å². The SMILES string of the molecule is NCC1CCCC1C(=O)NCCCOCC1CCCO1. The van der Waals surface area contributed by atoms with E-state index in [1.807, 2.05) is 0 Å². The number of ether oxygens (including phenoxy) is 2. The monoisotopic (exact) mass is 284 g/mol. The zero-order valence-electron chi connectivity index (χ0n) is 12.3. The number of hydrogen-bond donors (Lipinski definition) is 2. The number of amides is 1. The molecule has 3 unspecified atom stereocenters. The minimum Gasteiger partial charge on any atom is -0.379 e. The van der Waals surface area contributed by atoms with Gasteiger partial charge in [-0.25, -0.2) is 0 Å². The van der Waals surface area contributed by atoms with Gasteiger partial charge < -0.3 is 20.5 Å². The molecular weight excluding hydrogens is 256 g/mol. The summed E-state index contributed by atoms with van der Waals surface area (Å²) in [7, 11) is 0. The highest BCUT2D eigenvalue weighted by molar-refractivity contribution is 5.79. The Kier molecular flexibility index (Phi) is 6.76. The van der Waals surface area contributed by atoms with Crippen LogP contribution in [-0.2, 0) is 14.3 Å². The van der Waals surface area contributed by atoms with Crippen molar-refractivity contribution >= 4 is 5.91 Å². The molecule has 5 heteroatoms. The second-order valence-corrected chi connectivity index (χ2v) is 5.89. The van der Waals surface area contributed by atoms with Gasteiger partial charge in [-0.3, -0.25) is 4.79 Å². The summed E-state index contributed by atoms with van der Waals surface area (Å²) in [4.78, 5) is 12.0. The van der Waals surface area contributed by atoms with Crippen LogP contribution in [0.5, 0.6) is 0 Å². The lowest BCUT2D eigenvalue weighted by atomic mass is 9.95. The minimum atomic E-state index is 0.132. The van der Waals surface area contributed by atoms with Crippen molar-refractivity contribution in [1.29, 1.82) is 0 Å². The van der Waals surface area contributed by atoms with Crippen LogP contribution in [0.3, 0.4) is 0 Å². The molecule has 1 saturated carbocycles. The van der Waals surface area contributed by atoms with E-state index >= 15 is 0 Å². The Balaban J connectivity index is 1.49. The summed E-state index contributed by atoms with van der Waals surface area (Å²) in [5.41, 5.74) is 5.70. The number of carbonyl (C=O) groups is 1. The average molecular weight is 284 g/mol. The third-order valence-corrected chi connectivity index (χ3v) is 4.39. The van der Waals surface area contributed by atoms with Crippen LogP contribution in [-0.4, -0.2) is 44.9 Å². The molecule has 3 N–H and O–H groups in total. The van der Waals surface area contributed by atoms with Gasteiger partial charge in [0, 0.05) is 25.7 Å². The van der Waals surface area contributed by atoms with Gasteiger partial charge in [0.2, 0.25) is 5.91 Å². The lowest BCUT2D eigenvalue weighted by molar-refractivity contribution is -0.126. The Morgan fingerprint density at radius 3 is 2.95 bits per heavy atom. The van der Waals surface area contributed by atoms with E-state index in [-0.39, 0.29) is 17.9 Å². The number of nitrogens with one attached hydrogen (secondary N) is 1. The summed E-state index contributed by atoms with van der Waals surface area (Å²) in [5, 5.41) is 3.01. The maximum Gasteiger partial charge on any atom is 0.223 e. The first-order valence-corrected chi connectivity index (χ1v) is 7.98. The predicted octanol–water partition coefficient (Wildman–Crippen LogP) is 1.06. The van der Waals surface area contributed by atoms with Crippen LogP contribution in [0.1, 0.15) is 38.5 Å². The van der Waals surface area contributed by atoms with Gasteiger partial charge in [0.25, 0.3) is 0 Å². The molecule has 0 spiro atoms. The average Bonchev–Trinajstić information content (AvgIpc) is 3.12. The molecule has 0 aromatic carbocycles. The molecule has 1 aliphatic heterocycles. The molecule has 2 rings (SSSR count). The molecule has 0 aromatic rings. The first-order valence-electron chi connectivity index (χ1n) is 7.98. The van der Waals surface area contributed by atoms with E-state index < -0.39 is 0 Å². The summed E-state index contributed by atoms with van der Waals surface area (Å²) >= 11 is 0. The molecule has 2 aliphatic rings. The number of hydrogen-bond acceptors (Lipinski definition) is 4. The minimum absolute atomic E-state index is 0.132. The van der Waals surface area contributed by atoms with Crippen molar-refractivity contribution < 1.29 is 14.3 Å². The van der Waals surface area contributed by atoms with E-state index in [1.165, 1.54) is 0 Å². The second kappa shape index (κ2) is 8.60. The lowest BCUT2D eigenvalue weighted by Gasteiger charge is -2.17. The molecule has 20 heavy (non-hydrogen) atoms. The molecule has 1 aliphatic carbocycles. The summed E-state index contributed by atoms with van der Waals surface area (Å²) in [6.45, 7) is 3.56. The Hall–Kier alpha value is -0.650. The topological polar surface area (TPSA) is 73.6 Å². The molecule has 5 nitrogen and oxygen atoms in total. The number of nitrogens with two attached hydrogens (primary N) is 1. The zero-order chi connectivity index (χ0) is 14.2. The predicted molar refractivity (Wildman–Crippen MR) is 77.3 cm³/mol. The standard InChI is InChI=1S/C15H28N2O3/c16-10-12-4-1-6-14(12)15(18)17-7-3-8-19-11-13-5-2-9-20-13/h12-14H,1-11,16H2,(H,17,18). The van der Waals surface area contributed by atoms with Crippen molar-refractivity contribution in [3.05, 3.63) is 0 Å². The van der Waals surface area contributed by atoms with Gasteiger partial charge >= 0.3 is 0 Å². The smallest absolute Gasteiger partial charge is 0.223 e. The van der Waals surface area contributed by atoms with Crippen molar-refractivity contribution in [3.8, 4) is 0 Å². The fourth-order valence-corrected chi connectivity index (χ4v) is 3.17. The van der Waals surface area contributed by atoms with E-state index in [0.717, 1.165) is 45.1 Å². The second-order valence-electron chi connectivity index (χ2n) is 5.89. The van der Waals surface area contributed by atoms with Gasteiger partial charge in [-0.1, -0.05) is 6.42 Å². The van der Waals surface area contributed by atoms with Crippen LogP contribution in [0.25, 0.3) is 0 Å². The number of carbonyl (C=O) groups excluding carboxylic acids is 1. The molecular formula is C15H28N2O3. The van der Waals surface area contributed by atoms with Crippen LogP contribution in [0.15, 0.2) is 0 Å². The fourth-order valence-electron chi connectivity index (χ4n) is 3.17. The number of rotatable bonds is 8. The van der Waals surface area contributed by atoms with Gasteiger partial charge in [0.05, 0.1) is 12.7 Å². The summed E-state index contributed by atoms with van der Waals surface area (Å²) in [6, 6.07) is 0. The van der Waals surface area contributed by atoms with Gasteiger partial charge in [-0.15, -0.1) is 0 Å². The van der Waals surface area contributed by atoms with Gasteiger partial charge in [-0.2, -0.15) is 0 Å². The largest absolute Gasteiger partial charge is 0.379 e. The Labute approximate surface area is 121 Å². The van der Waals surface area contributed by atoms with E-state index in [2.05, 4.69) is 5.32 Å². The Morgan fingerprint density at radius 1 is 1.30 bits per heavy atom. The third kappa shape index (κ3) is 4.72. The maximum atomic E-state index is 12.0. The highest BCUT2D eigenvalue weighted by Gasteiger charge is 2.31. The molecule has 1 heterocycles. The van der Waals surface area contributed by atoms with Crippen molar-refractivity contribution in [2.75, 3.05) is 32.9 Å². The van der Waals surface area contributed by atoms with Crippen LogP contribution >= 0.6 is 0 Å². The molecule has 0 radical (unpaired) electrons. The summed E-state index contributed by atoms with van der Waals surface area (Å²) < 4.78 is 11.1. The maximum absolute atomic E-state index is 12.0. The summed E-state index contributed by atoms with van der Waals surface area (Å²) in [5.74, 6) is 0.690. The van der Waals surface area contributed by atoms with Gasteiger partial charge in [0.15, 0.2) is 0 Å². The summed E-state index contributed by atoms with van der Waals surface area (Å²) in [6.07, 6.45) is 6.62. The molecule has 2 fully saturated rings. The van der Waals surface area contributed by atoms with Crippen molar-refractivity contribution in [1.82, 2.24) is 5.32 Å². The van der Waals surface area contributed by atoms with Crippen LogP contribution in [0.2, 0.25) is 0 Å². The van der Waals surface area contributed by atoms with Crippen molar-refractivity contribution in [2.24, 2.45) is 17.6 Å².